The second-order valence-electron chi connectivity index (χ2n) is 3.88. The Hall–Kier alpha value is -1.08. The topological polar surface area (TPSA) is 89.3 Å². The zero-order valence-corrected chi connectivity index (χ0v) is 12.1. The number of rotatable bonds is 6. The first-order valence-electron chi connectivity index (χ1n) is 5.53. The molecule has 7 heteroatoms. The number of hydrogen-bond donors (Lipinski definition) is 2. The number of nitrogen functional groups attached to an aromatic ring is 1. The van der Waals surface area contributed by atoms with Gasteiger partial charge in [-0.25, -0.2) is 8.42 Å². The second-order valence-corrected chi connectivity index (χ2v) is 7.76. The maximum atomic E-state index is 11.3. The monoisotopic (exact) mass is 290 g/mol. The maximum Gasteiger partial charge on any atom is 0.175 e. The van der Waals surface area contributed by atoms with Gasteiger partial charge >= 0.3 is 0 Å². The van der Waals surface area contributed by atoms with Crippen molar-refractivity contribution in [2.24, 2.45) is 0 Å². The normalized spacial score (nSPS) is 13.2. The van der Waals surface area contributed by atoms with Crippen molar-refractivity contribution in [2.75, 3.05) is 35.4 Å². The fourth-order valence-corrected chi connectivity index (χ4v) is 2.65. The van der Waals surface area contributed by atoms with E-state index in [1.165, 1.54) is 12.1 Å². The lowest BCUT2D eigenvalue weighted by atomic mass is 10.2. The van der Waals surface area contributed by atoms with E-state index in [1.54, 1.807) is 6.07 Å². The SMILES string of the molecule is CCS(=O)CCNc1ccc(S(C)(=O)=O)cc1N. The van der Waals surface area contributed by atoms with Gasteiger partial charge < -0.3 is 11.1 Å². The smallest absolute Gasteiger partial charge is 0.175 e. The van der Waals surface area contributed by atoms with Crippen LogP contribution in [0.4, 0.5) is 11.4 Å². The van der Waals surface area contributed by atoms with Gasteiger partial charge in [0.1, 0.15) is 0 Å². The number of hydrogen-bond acceptors (Lipinski definition) is 5. The molecule has 1 aromatic carbocycles. The molecule has 0 aliphatic carbocycles. The van der Waals surface area contributed by atoms with Crippen LogP contribution in [0.3, 0.4) is 0 Å². The minimum Gasteiger partial charge on any atom is -0.397 e. The van der Waals surface area contributed by atoms with Gasteiger partial charge in [-0.2, -0.15) is 0 Å². The molecular formula is C11H18N2O3S2. The molecule has 0 aromatic heterocycles. The summed E-state index contributed by atoms with van der Waals surface area (Å²) >= 11 is 0. The Bertz CT molecular complexity index is 541. The van der Waals surface area contributed by atoms with Crippen molar-refractivity contribution < 1.29 is 12.6 Å². The van der Waals surface area contributed by atoms with E-state index in [-0.39, 0.29) is 4.90 Å². The van der Waals surface area contributed by atoms with Crippen LogP contribution in [0.25, 0.3) is 0 Å². The molecule has 0 heterocycles. The minimum atomic E-state index is -3.24. The highest BCUT2D eigenvalue weighted by atomic mass is 32.2. The molecule has 0 saturated carbocycles. The van der Waals surface area contributed by atoms with Crippen LogP contribution in [-0.4, -0.2) is 36.9 Å². The van der Waals surface area contributed by atoms with Gasteiger partial charge in [0.05, 0.1) is 16.3 Å². The Kier molecular flexibility index (Phi) is 5.15. The largest absolute Gasteiger partial charge is 0.397 e. The summed E-state index contributed by atoms with van der Waals surface area (Å²) in [5.74, 6) is 1.17. The van der Waals surface area contributed by atoms with E-state index in [9.17, 15) is 12.6 Å². The summed E-state index contributed by atoms with van der Waals surface area (Å²) < 4.78 is 33.9. The molecule has 0 bridgehead atoms. The molecule has 0 saturated heterocycles. The van der Waals surface area contributed by atoms with Gasteiger partial charge in [0, 0.05) is 35.1 Å². The number of nitrogens with two attached hydrogens (primary N) is 1. The van der Waals surface area contributed by atoms with E-state index < -0.39 is 20.6 Å². The van der Waals surface area contributed by atoms with Crippen LogP contribution in [0, 0.1) is 0 Å². The summed E-state index contributed by atoms with van der Waals surface area (Å²) in [6.45, 7) is 2.41. The second kappa shape index (κ2) is 6.19. The average Bonchev–Trinajstić information content (AvgIpc) is 2.29. The predicted octanol–water partition coefficient (Wildman–Crippen LogP) is 0.853. The third-order valence-electron chi connectivity index (χ3n) is 2.42. The Morgan fingerprint density at radius 1 is 1.39 bits per heavy atom. The molecule has 0 fully saturated rings. The Balaban J connectivity index is 2.72. The molecule has 1 unspecified atom stereocenters. The van der Waals surface area contributed by atoms with Crippen molar-refractivity contribution in [1.82, 2.24) is 0 Å². The molecule has 102 valence electrons. The molecule has 0 spiro atoms. The quantitative estimate of drug-likeness (QED) is 0.758. The van der Waals surface area contributed by atoms with Crippen LogP contribution >= 0.6 is 0 Å². The van der Waals surface area contributed by atoms with Gasteiger partial charge in [-0.15, -0.1) is 0 Å². The zero-order chi connectivity index (χ0) is 13.8. The van der Waals surface area contributed by atoms with Gasteiger partial charge in [0.25, 0.3) is 0 Å². The lowest BCUT2D eigenvalue weighted by Gasteiger charge is -2.10. The molecule has 0 radical (unpaired) electrons. The number of anilines is 2. The Labute approximate surface area is 110 Å². The van der Waals surface area contributed by atoms with Crippen LogP contribution in [-0.2, 0) is 20.6 Å². The standard InChI is InChI=1S/C11H18N2O3S2/c1-3-17(14)7-6-13-11-5-4-9(8-10(11)12)18(2,15)16/h4-5,8,13H,3,6-7,12H2,1-2H3. The van der Waals surface area contributed by atoms with Crippen molar-refractivity contribution in [1.29, 1.82) is 0 Å². The number of benzene rings is 1. The summed E-state index contributed by atoms with van der Waals surface area (Å²) in [5.41, 5.74) is 6.80. The highest BCUT2D eigenvalue weighted by Gasteiger charge is 2.09. The average molecular weight is 290 g/mol. The van der Waals surface area contributed by atoms with Crippen LogP contribution in [0.5, 0.6) is 0 Å². The van der Waals surface area contributed by atoms with Crippen molar-refractivity contribution in [2.45, 2.75) is 11.8 Å². The van der Waals surface area contributed by atoms with E-state index >= 15 is 0 Å². The van der Waals surface area contributed by atoms with Crippen molar-refractivity contribution in [3.05, 3.63) is 18.2 Å². The lowest BCUT2D eigenvalue weighted by Crippen LogP contribution is -2.13. The summed E-state index contributed by atoms with van der Waals surface area (Å²) in [5, 5.41) is 3.04. The lowest BCUT2D eigenvalue weighted by molar-refractivity contribution is 0.602. The van der Waals surface area contributed by atoms with E-state index in [0.717, 1.165) is 6.26 Å². The van der Waals surface area contributed by atoms with Gasteiger partial charge in [-0.3, -0.25) is 4.21 Å². The van der Waals surface area contributed by atoms with Gasteiger partial charge in [0.2, 0.25) is 0 Å². The highest BCUT2D eigenvalue weighted by Crippen LogP contribution is 2.22. The molecule has 0 aliphatic rings. The van der Waals surface area contributed by atoms with Crippen LogP contribution in [0.15, 0.2) is 23.1 Å². The minimum absolute atomic E-state index is 0.197. The predicted molar refractivity (Wildman–Crippen MR) is 76.0 cm³/mol. The third kappa shape index (κ3) is 4.30. The van der Waals surface area contributed by atoms with E-state index in [4.69, 9.17) is 5.73 Å². The first-order valence-corrected chi connectivity index (χ1v) is 8.91. The van der Waals surface area contributed by atoms with Crippen molar-refractivity contribution in [3.8, 4) is 0 Å². The molecule has 0 aliphatic heterocycles. The van der Waals surface area contributed by atoms with E-state index in [1.807, 2.05) is 6.92 Å². The third-order valence-corrected chi connectivity index (χ3v) is 4.83. The Morgan fingerprint density at radius 3 is 2.56 bits per heavy atom. The molecule has 5 nitrogen and oxygen atoms in total. The fraction of sp³-hybridized carbons (Fsp3) is 0.455. The molecule has 1 atom stereocenters. The Morgan fingerprint density at radius 2 is 2.06 bits per heavy atom. The van der Waals surface area contributed by atoms with Gasteiger partial charge in [-0.05, 0) is 18.2 Å². The first kappa shape index (κ1) is 15.0. The van der Waals surface area contributed by atoms with E-state index in [2.05, 4.69) is 5.32 Å². The van der Waals surface area contributed by atoms with Gasteiger partial charge in [0.15, 0.2) is 9.84 Å². The van der Waals surface area contributed by atoms with Gasteiger partial charge in [-0.1, -0.05) is 6.92 Å². The number of nitrogens with one attached hydrogen (secondary N) is 1. The molecular weight excluding hydrogens is 272 g/mol. The highest BCUT2D eigenvalue weighted by molar-refractivity contribution is 7.90. The summed E-state index contributed by atoms with van der Waals surface area (Å²) in [7, 11) is -4.06. The van der Waals surface area contributed by atoms with Crippen LogP contribution < -0.4 is 11.1 Å². The molecule has 1 rings (SSSR count). The molecule has 18 heavy (non-hydrogen) atoms. The first-order chi connectivity index (χ1) is 8.34. The number of sulfone groups is 1. The maximum absolute atomic E-state index is 11.3. The summed E-state index contributed by atoms with van der Waals surface area (Å²) in [4.78, 5) is 0.197. The summed E-state index contributed by atoms with van der Waals surface area (Å²) in [6, 6.07) is 4.56. The fourth-order valence-electron chi connectivity index (χ4n) is 1.38. The van der Waals surface area contributed by atoms with Crippen molar-refractivity contribution >= 4 is 32.0 Å². The van der Waals surface area contributed by atoms with Crippen molar-refractivity contribution in [3.63, 3.8) is 0 Å². The van der Waals surface area contributed by atoms with E-state index in [0.29, 0.717) is 29.4 Å². The van der Waals surface area contributed by atoms with Crippen LogP contribution in [0.1, 0.15) is 6.92 Å². The van der Waals surface area contributed by atoms with Crippen LogP contribution in [0.2, 0.25) is 0 Å². The molecule has 0 amide bonds. The summed E-state index contributed by atoms with van der Waals surface area (Å²) in [6.07, 6.45) is 1.14. The molecule has 3 N–H and O–H groups in total. The molecule has 1 aromatic rings. The zero-order valence-electron chi connectivity index (χ0n) is 10.5.